The molecular weight excluding hydrogens is 594 g/mol. The molecule has 1 aliphatic heterocycles. The van der Waals surface area contributed by atoms with Crippen molar-refractivity contribution >= 4 is 33.9 Å². The predicted octanol–water partition coefficient (Wildman–Crippen LogP) is 5.27. The van der Waals surface area contributed by atoms with Crippen LogP contribution in [-0.4, -0.2) is 87.5 Å². The number of benzene rings is 2. The third-order valence-corrected chi connectivity index (χ3v) is 10.1. The highest BCUT2D eigenvalue weighted by Crippen LogP contribution is 2.39. The van der Waals surface area contributed by atoms with Crippen LogP contribution in [0, 0.1) is 6.92 Å². The second-order valence-corrected chi connectivity index (χ2v) is 12.7. The minimum Gasteiger partial charge on any atom is -0.496 e. The van der Waals surface area contributed by atoms with Crippen molar-refractivity contribution in [3.63, 3.8) is 0 Å². The first kappa shape index (κ1) is 30.7. The maximum absolute atomic E-state index is 13.5. The van der Waals surface area contributed by atoms with Crippen molar-refractivity contribution in [2.24, 2.45) is 7.05 Å². The summed E-state index contributed by atoms with van der Waals surface area (Å²) in [7, 11) is 6.99. The van der Waals surface area contributed by atoms with Gasteiger partial charge in [0.1, 0.15) is 23.0 Å². The maximum Gasteiger partial charge on any atom is 0.272 e. The van der Waals surface area contributed by atoms with Gasteiger partial charge < -0.3 is 24.3 Å². The lowest BCUT2D eigenvalue weighted by atomic mass is 9.84. The number of nitrogens with zero attached hydrogens (tertiary/aromatic N) is 6. The number of ether oxygens (including phenoxy) is 2. The Hall–Kier alpha value is -4.90. The molecule has 2 amide bonds. The fourth-order valence-electron chi connectivity index (χ4n) is 7.35. The summed E-state index contributed by atoms with van der Waals surface area (Å²) in [6.07, 6.45) is 7.95. The summed E-state index contributed by atoms with van der Waals surface area (Å²) in [5, 5.41) is 3.92. The molecular formula is C36H41N7O4. The van der Waals surface area contributed by atoms with E-state index in [1.54, 1.807) is 14.2 Å². The Labute approximate surface area is 274 Å². The van der Waals surface area contributed by atoms with Gasteiger partial charge in [-0.05, 0) is 62.9 Å². The van der Waals surface area contributed by atoms with Crippen molar-refractivity contribution in [2.45, 2.75) is 44.6 Å². The third kappa shape index (κ3) is 5.48. The van der Waals surface area contributed by atoms with Gasteiger partial charge in [-0.1, -0.05) is 12.1 Å². The molecule has 11 heteroatoms. The molecule has 1 N–H and O–H groups in total. The van der Waals surface area contributed by atoms with Crippen molar-refractivity contribution < 1.29 is 19.1 Å². The molecule has 4 heterocycles. The quantitative estimate of drug-likeness (QED) is 0.260. The normalized spacial score (nSPS) is 19.0. The van der Waals surface area contributed by atoms with E-state index < -0.39 is 0 Å². The van der Waals surface area contributed by atoms with Crippen molar-refractivity contribution in [1.82, 2.24) is 28.7 Å². The predicted molar refractivity (Wildman–Crippen MR) is 181 cm³/mol. The van der Waals surface area contributed by atoms with E-state index in [2.05, 4.69) is 19.6 Å². The van der Waals surface area contributed by atoms with Gasteiger partial charge in [0.25, 0.3) is 5.91 Å². The SMILES string of the molecule is COc1cc(-c2nc(C3CCC(N4CCN(C)C(=O)C4)CC3)n3ccnc(C)c23)ccc1NC(=O)c1cc2c(OC)cccc2n1C. The highest BCUT2D eigenvalue weighted by atomic mass is 16.5. The molecule has 7 rings (SSSR count). The van der Waals surface area contributed by atoms with Gasteiger partial charge in [-0.2, -0.15) is 0 Å². The molecule has 11 nitrogen and oxygen atoms in total. The average Bonchev–Trinajstić information content (AvgIpc) is 3.65. The standard InChI is InChI=1S/C36H41N7O4/c1-22-34-33(39-35(43(34)16-15-37-22)23-9-12-25(13-10-23)42-18-17-40(2)32(44)21-42)24-11-14-27(31(19-24)47-5)38-36(45)29-20-26-28(41(29)3)7-6-8-30(26)46-4/h6-8,11,14-16,19-20,23,25H,9-10,12-13,17-18,21H2,1-5H3,(H,38,45). The van der Waals surface area contributed by atoms with E-state index in [9.17, 15) is 9.59 Å². The van der Waals surface area contributed by atoms with E-state index in [4.69, 9.17) is 14.5 Å². The van der Waals surface area contributed by atoms with E-state index in [1.807, 2.05) is 85.3 Å². The molecule has 3 aromatic heterocycles. The fraction of sp³-hybridized carbons (Fsp3) is 0.389. The topological polar surface area (TPSA) is 106 Å². The number of piperazine rings is 1. The minimum absolute atomic E-state index is 0.209. The molecule has 5 aromatic rings. The summed E-state index contributed by atoms with van der Waals surface area (Å²) in [4.78, 5) is 39.9. The molecule has 2 fully saturated rings. The number of likely N-dealkylation sites (N-methyl/N-ethyl adjacent to an activating group) is 1. The van der Waals surface area contributed by atoms with Gasteiger partial charge in [-0.3, -0.25) is 23.9 Å². The van der Waals surface area contributed by atoms with Crippen molar-refractivity contribution in [1.29, 1.82) is 0 Å². The van der Waals surface area contributed by atoms with E-state index in [0.29, 0.717) is 35.6 Å². The Morgan fingerprint density at radius 2 is 1.77 bits per heavy atom. The summed E-state index contributed by atoms with van der Waals surface area (Å²) in [6, 6.07) is 13.8. The molecule has 0 atom stereocenters. The molecule has 1 saturated carbocycles. The summed E-state index contributed by atoms with van der Waals surface area (Å²) in [5.74, 6) is 2.56. The van der Waals surface area contributed by atoms with Gasteiger partial charge in [-0.25, -0.2) is 4.98 Å². The number of imidazole rings is 1. The molecule has 47 heavy (non-hydrogen) atoms. The molecule has 244 valence electrons. The van der Waals surface area contributed by atoms with Crippen LogP contribution >= 0.6 is 0 Å². The van der Waals surface area contributed by atoms with Crippen LogP contribution in [0.5, 0.6) is 11.5 Å². The zero-order valence-corrected chi connectivity index (χ0v) is 27.6. The van der Waals surface area contributed by atoms with Gasteiger partial charge in [0.15, 0.2) is 0 Å². The monoisotopic (exact) mass is 635 g/mol. The lowest BCUT2D eigenvalue weighted by Crippen LogP contribution is -2.52. The zero-order valence-electron chi connectivity index (χ0n) is 27.6. The molecule has 1 aliphatic carbocycles. The Morgan fingerprint density at radius 1 is 0.979 bits per heavy atom. The van der Waals surface area contributed by atoms with Crippen LogP contribution in [0.15, 0.2) is 54.9 Å². The largest absolute Gasteiger partial charge is 0.496 e. The number of nitrogens with one attached hydrogen (secondary N) is 1. The molecule has 0 radical (unpaired) electrons. The molecule has 0 bridgehead atoms. The highest BCUT2D eigenvalue weighted by Gasteiger charge is 2.33. The Bertz CT molecular complexity index is 1990. The number of carbonyl (C=O) groups is 2. The van der Waals surface area contributed by atoms with Crippen LogP contribution in [-0.2, 0) is 11.8 Å². The van der Waals surface area contributed by atoms with E-state index in [1.165, 1.54) is 0 Å². The second kappa shape index (κ2) is 12.4. The third-order valence-electron chi connectivity index (χ3n) is 10.1. The molecule has 0 spiro atoms. The summed E-state index contributed by atoms with van der Waals surface area (Å²) >= 11 is 0. The molecule has 1 saturated heterocycles. The van der Waals surface area contributed by atoms with Crippen molar-refractivity contribution in [3.8, 4) is 22.8 Å². The minimum atomic E-state index is -0.247. The Morgan fingerprint density at radius 3 is 2.51 bits per heavy atom. The number of anilines is 1. The average molecular weight is 636 g/mol. The first-order valence-electron chi connectivity index (χ1n) is 16.2. The molecule has 2 aliphatic rings. The van der Waals surface area contributed by atoms with Crippen LogP contribution in [0.3, 0.4) is 0 Å². The number of hydrogen-bond donors (Lipinski definition) is 1. The van der Waals surface area contributed by atoms with E-state index in [0.717, 1.165) is 83.7 Å². The summed E-state index contributed by atoms with van der Waals surface area (Å²) in [6.45, 7) is 4.26. The van der Waals surface area contributed by atoms with Gasteiger partial charge in [-0.15, -0.1) is 0 Å². The van der Waals surface area contributed by atoms with Crippen LogP contribution in [0.25, 0.3) is 27.7 Å². The number of rotatable bonds is 7. The smallest absolute Gasteiger partial charge is 0.272 e. The first-order valence-corrected chi connectivity index (χ1v) is 16.2. The lowest BCUT2D eigenvalue weighted by molar-refractivity contribution is -0.135. The van der Waals surface area contributed by atoms with Crippen LogP contribution in [0.1, 0.15) is 53.6 Å². The lowest BCUT2D eigenvalue weighted by Gasteiger charge is -2.40. The van der Waals surface area contributed by atoms with Crippen LogP contribution in [0.4, 0.5) is 5.69 Å². The van der Waals surface area contributed by atoms with Crippen LogP contribution in [0.2, 0.25) is 0 Å². The number of aryl methyl sites for hydroxylation is 2. The zero-order chi connectivity index (χ0) is 32.8. The number of fused-ring (bicyclic) bond motifs is 2. The fourth-order valence-corrected chi connectivity index (χ4v) is 7.35. The van der Waals surface area contributed by atoms with Gasteiger partial charge in [0.2, 0.25) is 5.91 Å². The highest BCUT2D eigenvalue weighted by molar-refractivity contribution is 6.08. The maximum atomic E-state index is 13.5. The van der Waals surface area contributed by atoms with Gasteiger partial charge in [0.05, 0.1) is 48.9 Å². The molecule has 2 aromatic carbocycles. The van der Waals surface area contributed by atoms with Gasteiger partial charge >= 0.3 is 0 Å². The number of carbonyl (C=O) groups excluding carboxylic acids is 2. The summed E-state index contributed by atoms with van der Waals surface area (Å²) in [5.41, 5.74) is 5.58. The second-order valence-electron chi connectivity index (χ2n) is 12.7. The van der Waals surface area contributed by atoms with E-state index >= 15 is 0 Å². The van der Waals surface area contributed by atoms with Gasteiger partial charge in [0, 0.05) is 62.5 Å². The Balaban J connectivity index is 1.15. The summed E-state index contributed by atoms with van der Waals surface area (Å²) < 4.78 is 15.4. The van der Waals surface area contributed by atoms with Crippen molar-refractivity contribution in [2.75, 3.05) is 46.2 Å². The molecule has 0 unspecified atom stereocenters. The van der Waals surface area contributed by atoms with Crippen molar-refractivity contribution in [3.05, 3.63) is 72.1 Å². The number of aromatic nitrogens is 4. The van der Waals surface area contributed by atoms with E-state index in [-0.39, 0.29) is 11.8 Å². The number of hydrogen-bond acceptors (Lipinski definition) is 7. The number of amides is 2. The first-order chi connectivity index (χ1) is 22.8. The van der Waals surface area contributed by atoms with Crippen LogP contribution < -0.4 is 14.8 Å². The number of methoxy groups -OCH3 is 2. The Kier molecular flexibility index (Phi) is 8.09.